The maximum atomic E-state index is 15.0. The van der Waals surface area contributed by atoms with Gasteiger partial charge in [-0.2, -0.15) is 0 Å². The zero-order chi connectivity index (χ0) is 27.1. The molecule has 0 spiro atoms. The van der Waals surface area contributed by atoms with Crippen LogP contribution in [-0.4, -0.2) is 61.5 Å². The number of nitrogens with zero attached hydrogens (tertiary/aromatic N) is 1. The van der Waals surface area contributed by atoms with E-state index in [0.29, 0.717) is 37.2 Å². The Morgan fingerprint density at radius 1 is 0.895 bits per heavy atom. The number of hydrogen-bond acceptors (Lipinski definition) is 7. The predicted octanol–water partition coefficient (Wildman–Crippen LogP) is 2.75. The molecule has 2 amide bonds. The van der Waals surface area contributed by atoms with Crippen molar-refractivity contribution in [2.75, 3.05) is 26.8 Å². The van der Waals surface area contributed by atoms with Crippen LogP contribution in [-0.2, 0) is 0 Å². The number of hydrogen-bond donors (Lipinski definition) is 3. The Labute approximate surface area is 219 Å². The third-order valence-corrected chi connectivity index (χ3v) is 6.18. The van der Waals surface area contributed by atoms with Crippen molar-refractivity contribution in [1.82, 2.24) is 20.9 Å². The minimum atomic E-state index is -0.804. The van der Waals surface area contributed by atoms with Gasteiger partial charge in [-0.15, -0.1) is 0 Å². The van der Waals surface area contributed by atoms with Crippen LogP contribution < -0.4 is 25.4 Å². The number of carbonyl (C=O) groups excluding carboxylic acids is 3. The maximum absolute atomic E-state index is 15.0. The summed E-state index contributed by atoms with van der Waals surface area (Å²) in [5.41, 5.74) is 0.772. The highest BCUT2D eigenvalue weighted by Crippen LogP contribution is 2.31. The molecule has 0 radical (unpaired) electrons. The minimum absolute atomic E-state index is 0.0658. The van der Waals surface area contributed by atoms with Crippen molar-refractivity contribution >= 4 is 17.6 Å². The molecule has 10 heteroatoms. The molecule has 1 fully saturated rings. The van der Waals surface area contributed by atoms with Crippen molar-refractivity contribution < 1.29 is 28.2 Å². The van der Waals surface area contributed by atoms with E-state index in [-0.39, 0.29) is 46.5 Å². The van der Waals surface area contributed by atoms with Gasteiger partial charge in [0.1, 0.15) is 11.3 Å². The Balaban J connectivity index is 1.45. The van der Waals surface area contributed by atoms with E-state index in [1.807, 2.05) is 6.92 Å². The Kier molecular flexibility index (Phi) is 8.65. The number of halogens is 1. The summed E-state index contributed by atoms with van der Waals surface area (Å²) in [6.45, 7) is 3.22. The first-order chi connectivity index (χ1) is 18.4. The number of aromatic nitrogens is 1. The molecule has 3 N–H and O–H groups in total. The van der Waals surface area contributed by atoms with Gasteiger partial charge in [-0.05, 0) is 42.8 Å². The average molecular weight is 521 g/mol. The summed E-state index contributed by atoms with van der Waals surface area (Å²) >= 11 is 0. The third-order valence-electron chi connectivity index (χ3n) is 6.18. The van der Waals surface area contributed by atoms with Crippen LogP contribution >= 0.6 is 0 Å². The molecular formula is C28H29FN4O5. The molecule has 3 aromatic rings. The maximum Gasteiger partial charge on any atom is 0.251 e. The van der Waals surface area contributed by atoms with E-state index >= 15 is 4.39 Å². The summed E-state index contributed by atoms with van der Waals surface area (Å²) in [7, 11) is 1.32. The van der Waals surface area contributed by atoms with Gasteiger partial charge in [0, 0.05) is 42.2 Å². The largest absolute Gasteiger partial charge is 0.494 e. The van der Waals surface area contributed by atoms with Crippen molar-refractivity contribution in [3.63, 3.8) is 0 Å². The highest BCUT2D eigenvalue weighted by molar-refractivity contribution is 6.11. The summed E-state index contributed by atoms with van der Waals surface area (Å²) < 4.78 is 25.7. The number of rotatable bonds is 10. The smallest absolute Gasteiger partial charge is 0.251 e. The zero-order valence-electron chi connectivity index (χ0n) is 21.1. The molecule has 4 rings (SSSR count). The lowest BCUT2D eigenvalue weighted by Gasteiger charge is -2.21. The number of carbonyl (C=O) groups is 3. The van der Waals surface area contributed by atoms with Crippen LogP contribution in [0.4, 0.5) is 4.39 Å². The molecule has 2 heterocycles. The summed E-state index contributed by atoms with van der Waals surface area (Å²) in [6, 6.07) is 11.4. The van der Waals surface area contributed by atoms with E-state index in [0.717, 1.165) is 0 Å². The van der Waals surface area contributed by atoms with Crippen LogP contribution in [0.25, 0.3) is 0 Å². The molecule has 1 aromatic heterocycles. The molecule has 38 heavy (non-hydrogen) atoms. The van der Waals surface area contributed by atoms with E-state index in [1.54, 1.807) is 12.1 Å². The van der Waals surface area contributed by atoms with Gasteiger partial charge in [0.15, 0.2) is 17.3 Å². The lowest BCUT2D eigenvalue weighted by molar-refractivity contribution is 0.0896. The Bertz CT molecular complexity index is 1300. The molecule has 198 valence electrons. The summed E-state index contributed by atoms with van der Waals surface area (Å²) in [4.78, 5) is 42.6. The lowest BCUT2D eigenvalue weighted by Crippen LogP contribution is -2.51. The minimum Gasteiger partial charge on any atom is -0.494 e. The molecule has 0 aliphatic carbocycles. The van der Waals surface area contributed by atoms with Gasteiger partial charge in [0.25, 0.3) is 11.8 Å². The topological polar surface area (TPSA) is 119 Å². The van der Waals surface area contributed by atoms with E-state index in [9.17, 15) is 14.4 Å². The van der Waals surface area contributed by atoms with E-state index in [1.165, 1.54) is 55.9 Å². The normalized spacial score (nSPS) is 16.5. The number of ketones is 1. The standard InChI is InChI=1S/C28H29FN4O5/c1-3-14-38-22-8-9-23(37-2)25(29)24(22)26(34)17-4-6-18(7-5-17)27(35)32-20-15-31-16-21(20)33-28(36)19-10-12-30-13-11-19/h4-13,20-21,31H,3,14-16H2,1-2H3,(H,32,35)(H,33,36)/t20-,21-/m1/s1. The van der Waals surface area contributed by atoms with E-state index in [4.69, 9.17) is 9.47 Å². The van der Waals surface area contributed by atoms with Crippen LogP contribution in [0.2, 0.25) is 0 Å². The summed E-state index contributed by atoms with van der Waals surface area (Å²) in [5.74, 6) is -1.94. The first-order valence-corrected chi connectivity index (χ1v) is 12.3. The highest BCUT2D eigenvalue weighted by Gasteiger charge is 2.30. The molecule has 0 saturated carbocycles. The molecule has 0 unspecified atom stereocenters. The van der Waals surface area contributed by atoms with Gasteiger partial charge in [-0.25, -0.2) is 4.39 Å². The quantitative estimate of drug-likeness (QED) is 0.352. The first kappa shape index (κ1) is 26.7. The van der Waals surface area contributed by atoms with Gasteiger partial charge in [0.05, 0.1) is 25.8 Å². The van der Waals surface area contributed by atoms with Crippen molar-refractivity contribution in [3.05, 3.63) is 89.0 Å². The molecule has 2 aromatic carbocycles. The van der Waals surface area contributed by atoms with Gasteiger partial charge in [-0.1, -0.05) is 19.1 Å². The lowest BCUT2D eigenvalue weighted by atomic mass is 10.00. The number of pyridine rings is 1. The second-order valence-corrected chi connectivity index (χ2v) is 8.76. The zero-order valence-corrected chi connectivity index (χ0v) is 21.1. The van der Waals surface area contributed by atoms with Gasteiger partial charge in [0.2, 0.25) is 0 Å². The molecule has 2 atom stereocenters. The molecule has 0 bridgehead atoms. The van der Waals surface area contributed by atoms with Crippen molar-refractivity contribution in [2.45, 2.75) is 25.4 Å². The fraction of sp³-hybridized carbons (Fsp3) is 0.286. The molecule has 1 aliphatic rings. The van der Waals surface area contributed by atoms with Gasteiger partial charge < -0.3 is 25.4 Å². The van der Waals surface area contributed by atoms with Crippen molar-refractivity contribution in [2.24, 2.45) is 0 Å². The fourth-order valence-electron chi connectivity index (χ4n) is 4.15. The second kappa shape index (κ2) is 12.3. The number of amides is 2. The highest BCUT2D eigenvalue weighted by atomic mass is 19.1. The molecular weight excluding hydrogens is 491 g/mol. The molecule has 9 nitrogen and oxygen atoms in total. The summed E-state index contributed by atoms with van der Waals surface area (Å²) in [6.07, 6.45) is 3.77. The SMILES string of the molecule is CCCOc1ccc(OC)c(F)c1C(=O)c1ccc(C(=O)N[C@@H]2CNC[C@H]2NC(=O)c2ccncc2)cc1. The third kappa shape index (κ3) is 5.97. The Hall–Kier alpha value is -4.31. The number of methoxy groups -OCH3 is 1. The number of nitrogens with one attached hydrogen (secondary N) is 3. The van der Waals surface area contributed by atoms with Crippen LogP contribution in [0.3, 0.4) is 0 Å². The average Bonchev–Trinajstić information content (AvgIpc) is 3.38. The van der Waals surface area contributed by atoms with Gasteiger partial charge >= 0.3 is 0 Å². The van der Waals surface area contributed by atoms with E-state index < -0.39 is 11.6 Å². The van der Waals surface area contributed by atoms with Crippen LogP contribution in [0.5, 0.6) is 11.5 Å². The van der Waals surface area contributed by atoms with Gasteiger partial charge in [-0.3, -0.25) is 19.4 Å². The van der Waals surface area contributed by atoms with Crippen molar-refractivity contribution in [3.8, 4) is 11.5 Å². The monoisotopic (exact) mass is 520 g/mol. The van der Waals surface area contributed by atoms with Crippen LogP contribution in [0, 0.1) is 5.82 Å². The fourth-order valence-corrected chi connectivity index (χ4v) is 4.15. The number of ether oxygens (including phenoxy) is 2. The van der Waals surface area contributed by atoms with Crippen LogP contribution in [0.15, 0.2) is 60.9 Å². The molecule has 1 saturated heterocycles. The van der Waals surface area contributed by atoms with Crippen molar-refractivity contribution in [1.29, 1.82) is 0 Å². The Morgan fingerprint density at radius 2 is 1.45 bits per heavy atom. The molecule has 1 aliphatic heterocycles. The summed E-state index contributed by atoms with van der Waals surface area (Å²) in [5, 5.41) is 9.03. The Morgan fingerprint density at radius 3 is 2.03 bits per heavy atom. The first-order valence-electron chi connectivity index (χ1n) is 12.3. The van der Waals surface area contributed by atoms with E-state index in [2.05, 4.69) is 20.9 Å². The van der Waals surface area contributed by atoms with Crippen LogP contribution in [0.1, 0.15) is 50.0 Å². The number of benzene rings is 2. The second-order valence-electron chi connectivity index (χ2n) is 8.76. The predicted molar refractivity (Wildman–Crippen MR) is 138 cm³/mol.